The van der Waals surface area contributed by atoms with E-state index < -0.39 is 6.04 Å². The highest BCUT2D eigenvalue weighted by molar-refractivity contribution is 5.82. The smallest absolute Gasteiger partial charge is 0.336 e. The van der Waals surface area contributed by atoms with Gasteiger partial charge in [0.25, 0.3) is 0 Å². The van der Waals surface area contributed by atoms with Gasteiger partial charge >= 0.3 is 6.01 Å². The van der Waals surface area contributed by atoms with Crippen molar-refractivity contribution in [3.63, 3.8) is 0 Å². The van der Waals surface area contributed by atoms with Crippen LogP contribution in [-0.4, -0.2) is 74.2 Å². The third-order valence-electron chi connectivity index (χ3n) is 6.56. The van der Waals surface area contributed by atoms with Gasteiger partial charge in [-0.3, -0.25) is 4.79 Å². The van der Waals surface area contributed by atoms with E-state index in [1.54, 1.807) is 10.7 Å². The van der Waals surface area contributed by atoms with Gasteiger partial charge in [-0.1, -0.05) is 33.3 Å². The Bertz CT molecular complexity index is 1200. The summed E-state index contributed by atoms with van der Waals surface area (Å²) in [6.07, 6.45) is 6.19. The van der Waals surface area contributed by atoms with Crippen LogP contribution in [0.25, 0.3) is 5.65 Å². The fourth-order valence-corrected chi connectivity index (χ4v) is 4.31. The minimum Gasteiger partial charge on any atom is -0.462 e. The summed E-state index contributed by atoms with van der Waals surface area (Å²) >= 11 is 0. The molecule has 11 nitrogen and oxygen atoms in total. The second kappa shape index (κ2) is 11.1. The molecule has 1 saturated heterocycles. The van der Waals surface area contributed by atoms with Crippen LogP contribution in [0.15, 0.2) is 18.5 Å². The molecule has 194 valence electrons. The Kier molecular flexibility index (Phi) is 7.88. The first-order chi connectivity index (χ1) is 17.3. The van der Waals surface area contributed by atoms with Crippen LogP contribution in [0.3, 0.4) is 0 Å². The third kappa shape index (κ3) is 5.51. The summed E-state index contributed by atoms with van der Waals surface area (Å²) in [4.78, 5) is 30.1. The number of amides is 1. The van der Waals surface area contributed by atoms with E-state index in [0.717, 1.165) is 48.6 Å². The second-order valence-corrected chi connectivity index (χ2v) is 9.71. The normalized spacial score (nSPS) is 15.1. The first kappa shape index (κ1) is 25.6. The number of rotatable bonds is 9. The molecule has 1 atom stereocenters. The second-order valence-electron chi connectivity index (χ2n) is 9.71. The van der Waals surface area contributed by atoms with Crippen LogP contribution in [0.4, 0.5) is 11.6 Å². The van der Waals surface area contributed by atoms with Gasteiger partial charge in [0, 0.05) is 38.8 Å². The predicted molar refractivity (Wildman–Crippen MR) is 139 cm³/mol. The zero-order chi connectivity index (χ0) is 25.8. The summed E-state index contributed by atoms with van der Waals surface area (Å²) in [5, 5.41) is 4.49. The molecule has 4 N–H and O–H groups in total. The molecule has 4 heterocycles. The average molecular weight is 496 g/mol. The number of nitrogens with zero attached hydrogens (tertiary/aromatic N) is 7. The molecule has 0 saturated carbocycles. The van der Waals surface area contributed by atoms with Crippen molar-refractivity contribution in [3.05, 3.63) is 35.3 Å². The molecule has 1 fully saturated rings. The van der Waals surface area contributed by atoms with Crippen LogP contribution < -0.4 is 21.1 Å². The number of aromatic nitrogens is 5. The molecule has 0 spiro atoms. The van der Waals surface area contributed by atoms with Crippen LogP contribution >= 0.6 is 0 Å². The number of carbonyl (C=O) groups excluding carboxylic acids is 1. The maximum absolute atomic E-state index is 12.6. The highest BCUT2D eigenvalue weighted by Gasteiger charge is 2.27. The largest absolute Gasteiger partial charge is 0.462 e. The molecule has 0 bridgehead atoms. The quantitative estimate of drug-likeness (QED) is 0.425. The summed E-state index contributed by atoms with van der Waals surface area (Å²) in [6, 6.07) is 1.94. The van der Waals surface area contributed by atoms with E-state index in [4.69, 9.17) is 21.2 Å². The number of unbranched alkanes of at least 4 members (excludes halogenated alkanes) is 1. The topological polar surface area (TPSA) is 141 Å². The number of nitrogens with two attached hydrogens (primary N) is 2. The maximum Gasteiger partial charge on any atom is 0.336 e. The number of nitrogen functional groups attached to an aromatic ring is 1. The van der Waals surface area contributed by atoms with Gasteiger partial charge in [0.05, 0.1) is 24.5 Å². The molecule has 36 heavy (non-hydrogen) atoms. The maximum atomic E-state index is 12.6. The van der Waals surface area contributed by atoms with Crippen LogP contribution in [0, 0.1) is 12.8 Å². The van der Waals surface area contributed by atoms with Crippen molar-refractivity contribution >= 4 is 23.2 Å². The Hall–Kier alpha value is -3.47. The minimum atomic E-state index is -0.449. The van der Waals surface area contributed by atoms with Crippen molar-refractivity contribution in [2.45, 2.75) is 53.0 Å². The molecule has 0 aliphatic carbocycles. The number of ether oxygens (including phenoxy) is 1. The summed E-state index contributed by atoms with van der Waals surface area (Å²) in [5.74, 6) is 1.39. The van der Waals surface area contributed by atoms with Gasteiger partial charge in [0.2, 0.25) is 5.91 Å². The number of hydrogen-bond donors (Lipinski definition) is 2. The molecule has 3 aromatic heterocycles. The summed E-state index contributed by atoms with van der Waals surface area (Å²) in [6.45, 7) is 11.4. The average Bonchev–Trinajstić information content (AvgIpc) is 3.26. The molecule has 1 aliphatic heterocycles. The number of aryl methyl sites for hydroxylation is 1. The Morgan fingerprint density at radius 1 is 1.17 bits per heavy atom. The molecular formula is C25H37N9O2. The highest BCUT2D eigenvalue weighted by atomic mass is 16.5. The molecular weight excluding hydrogens is 458 g/mol. The van der Waals surface area contributed by atoms with Crippen molar-refractivity contribution in [3.8, 4) is 6.01 Å². The summed E-state index contributed by atoms with van der Waals surface area (Å²) in [5.41, 5.74) is 15.7. The van der Waals surface area contributed by atoms with Crippen molar-refractivity contribution in [2.75, 3.05) is 43.4 Å². The van der Waals surface area contributed by atoms with Gasteiger partial charge in [-0.25, -0.2) is 14.5 Å². The van der Waals surface area contributed by atoms with Crippen LogP contribution in [0.1, 0.15) is 50.4 Å². The number of piperazine rings is 1. The van der Waals surface area contributed by atoms with E-state index in [1.807, 2.05) is 24.9 Å². The molecule has 4 rings (SSSR count). The number of imidazole rings is 1. The number of anilines is 2. The standard InChI is InChI=1S/C25H37N9O2/c1-5-6-11-36-25-30-21(27)23-29-15-19(34(23)31-25)13-18-12-17(4)22(28-14-18)32-7-9-33(10-8-32)24(35)20(26)16(2)3/h12,14-16,20H,5-11,13,26H2,1-4H3,(H2,27,30,31)/t20-/m0/s1. The fraction of sp³-hybridized carbons (Fsp3) is 0.560. The summed E-state index contributed by atoms with van der Waals surface area (Å²) in [7, 11) is 0. The molecule has 1 aliphatic rings. The molecule has 0 unspecified atom stereocenters. The monoisotopic (exact) mass is 495 g/mol. The van der Waals surface area contributed by atoms with E-state index >= 15 is 0 Å². The van der Waals surface area contributed by atoms with E-state index in [2.05, 4.69) is 39.9 Å². The SMILES string of the molecule is CCCCOc1nc(N)c2ncc(Cc3cnc(N4CCN(C(=O)[C@@H](N)C(C)C)CC4)c(C)c3)n2n1. The van der Waals surface area contributed by atoms with Crippen molar-refractivity contribution in [1.29, 1.82) is 0 Å². The Balaban J connectivity index is 1.44. The number of pyridine rings is 1. The highest BCUT2D eigenvalue weighted by Crippen LogP contribution is 2.22. The van der Waals surface area contributed by atoms with Gasteiger partial charge in [-0.15, -0.1) is 5.10 Å². The Morgan fingerprint density at radius 2 is 1.92 bits per heavy atom. The molecule has 1 amide bonds. The summed E-state index contributed by atoms with van der Waals surface area (Å²) < 4.78 is 7.36. The van der Waals surface area contributed by atoms with Crippen LogP contribution in [0.5, 0.6) is 6.01 Å². The lowest BCUT2D eigenvalue weighted by molar-refractivity contribution is -0.133. The van der Waals surface area contributed by atoms with Gasteiger partial charge in [0.1, 0.15) is 5.82 Å². The number of carbonyl (C=O) groups is 1. The molecule has 3 aromatic rings. The molecule has 0 aromatic carbocycles. The first-order valence-corrected chi connectivity index (χ1v) is 12.7. The molecule has 11 heteroatoms. The van der Waals surface area contributed by atoms with Crippen molar-refractivity contribution in [2.24, 2.45) is 11.7 Å². The van der Waals surface area contributed by atoms with Crippen molar-refractivity contribution < 1.29 is 9.53 Å². The van der Waals surface area contributed by atoms with Gasteiger partial charge < -0.3 is 26.0 Å². The van der Waals surface area contributed by atoms with Crippen molar-refractivity contribution in [1.82, 2.24) is 29.5 Å². The fourth-order valence-electron chi connectivity index (χ4n) is 4.31. The lowest BCUT2D eigenvalue weighted by Crippen LogP contribution is -2.54. The first-order valence-electron chi connectivity index (χ1n) is 12.7. The molecule has 0 radical (unpaired) electrons. The third-order valence-corrected chi connectivity index (χ3v) is 6.56. The van der Waals surface area contributed by atoms with Crippen LogP contribution in [-0.2, 0) is 11.2 Å². The van der Waals surface area contributed by atoms with Gasteiger partial charge in [-0.2, -0.15) is 4.98 Å². The number of fused-ring (bicyclic) bond motifs is 1. The lowest BCUT2D eigenvalue weighted by Gasteiger charge is -2.37. The lowest BCUT2D eigenvalue weighted by atomic mass is 10.0. The predicted octanol–water partition coefficient (Wildman–Crippen LogP) is 1.81. The van der Waals surface area contributed by atoms with E-state index in [1.165, 1.54) is 0 Å². The van der Waals surface area contributed by atoms with E-state index in [0.29, 0.717) is 37.6 Å². The van der Waals surface area contributed by atoms with Gasteiger partial charge in [0.15, 0.2) is 11.5 Å². The van der Waals surface area contributed by atoms with E-state index in [9.17, 15) is 4.79 Å². The van der Waals surface area contributed by atoms with E-state index in [-0.39, 0.29) is 17.8 Å². The zero-order valence-corrected chi connectivity index (χ0v) is 21.6. The Labute approximate surface area is 211 Å². The van der Waals surface area contributed by atoms with Gasteiger partial charge in [-0.05, 0) is 30.4 Å². The number of hydrogen-bond acceptors (Lipinski definition) is 9. The zero-order valence-electron chi connectivity index (χ0n) is 21.6. The minimum absolute atomic E-state index is 0.0288. The Morgan fingerprint density at radius 3 is 2.58 bits per heavy atom. The van der Waals surface area contributed by atoms with Crippen LogP contribution in [0.2, 0.25) is 0 Å².